The smallest absolute Gasteiger partial charge is 0.0239 e. The molecule has 1 fully saturated rings. The van der Waals surface area contributed by atoms with Crippen LogP contribution >= 0.6 is 0 Å². The van der Waals surface area contributed by atoms with Gasteiger partial charge in [-0.1, -0.05) is 49.4 Å². The van der Waals surface area contributed by atoms with Gasteiger partial charge in [-0.3, -0.25) is 4.90 Å². The molecular formula is C19H32N2. The van der Waals surface area contributed by atoms with E-state index in [4.69, 9.17) is 5.73 Å². The van der Waals surface area contributed by atoms with Gasteiger partial charge in [0.05, 0.1) is 0 Å². The fourth-order valence-corrected chi connectivity index (χ4v) is 3.50. The van der Waals surface area contributed by atoms with Crippen molar-refractivity contribution >= 4 is 0 Å². The Bertz CT molecular complexity index is 420. The molecule has 0 heterocycles. The fraction of sp³-hybridized carbons (Fsp3) is 0.684. The Labute approximate surface area is 130 Å². The van der Waals surface area contributed by atoms with Crippen molar-refractivity contribution in [2.45, 2.75) is 71.4 Å². The lowest BCUT2D eigenvalue weighted by atomic mass is 10.0. The van der Waals surface area contributed by atoms with Gasteiger partial charge in [0.25, 0.3) is 0 Å². The summed E-state index contributed by atoms with van der Waals surface area (Å²) in [6, 6.07) is 7.61. The van der Waals surface area contributed by atoms with Crippen molar-refractivity contribution in [2.75, 3.05) is 13.1 Å². The fourth-order valence-electron chi connectivity index (χ4n) is 3.50. The van der Waals surface area contributed by atoms with Crippen molar-refractivity contribution in [1.29, 1.82) is 0 Å². The lowest BCUT2D eigenvalue weighted by Crippen LogP contribution is -2.36. The first-order valence-electron chi connectivity index (χ1n) is 8.71. The molecule has 0 atom stereocenters. The Morgan fingerprint density at radius 3 is 2.48 bits per heavy atom. The second-order valence-corrected chi connectivity index (χ2v) is 6.69. The minimum atomic E-state index is 0.763. The van der Waals surface area contributed by atoms with Gasteiger partial charge >= 0.3 is 0 Å². The molecule has 2 N–H and O–H groups in total. The molecule has 0 spiro atoms. The van der Waals surface area contributed by atoms with E-state index in [1.54, 1.807) is 0 Å². The highest BCUT2D eigenvalue weighted by Gasteiger charge is 2.20. The SMILES string of the molecule is Cc1ccc(C)c(CN(CCCN)C2CCCCCC2)c1. The van der Waals surface area contributed by atoms with Crippen molar-refractivity contribution < 1.29 is 0 Å². The first-order chi connectivity index (χ1) is 10.2. The van der Waals surface area contributed by atoms with Crippen LogP contribution in [0.15, 0.2) is 18.2 Å². The number of nitrogens with zero attached hydrogens (tertiary/aromatic N) is 1. The number of nitrogens with two attached hydrogens (primary N) is 1. The maximum atomic E-state index is 5.76. The minimum Gasteiger partial charge on any atom is -0.330 e. The van der Waals surface area contributed by atoms with Crippen LogP contribution in [0, 0.1) is 13.8 Å². The molecule has 2 nitrogen and oxygen atoms in total. The molecule has 0 bridgehead atoms. The molecule has 0 aromatic heterocycles. The van der Waals surface area contributed by atoms with Gasteiger partial charge in [0.2, 0.25) is 0 Å². The number of hydrogen-bond donors (Lipinski definition) is 1. The van der Waals surface area contributed by atoms with E-state index < -0.39 is 0 Å². The first-order valence-corrected chi connectivity index (χ1v) is 8.71. The van der Waals surface area contributed by atoms with Crippen molar-refractivity contribution in [1.82, 2.24) is 4.90 Å². The molecule has 1 aromatic carbocycles. The standard InChI is InChI=1S/C19H32N2/c1-16-10-11-17(2)18(14-16)15-21(13-7-12-20)19-8-5-3-4-6-9-19/h10-11,14,19H,3-9,12-13,15,20H2,1-2H3. The maximum absolute atomic E-state index is 5.76. The third-order valence-corrected chi connectivity index (χ3v) is 4.87. The van der Waals surface area contributed by atoms with E-state index in [0.717, 1.165) is 32.1 Å². The summed E-state index contributed by atoms with van der Waals surface area (Å²) in [4.78, 5) is 2.71. The first kappa shape index (κ1) is 16.5. The van der Waals surface area contributed by atoms with Crippen molar-refractivity contribution in [3.63, 3.8) is 0 Å². The largest absolute Gasteiger partial charge is 0.330 e. The van der Waals surface area contributed by atoms with Crippen LogP contribution in [0.4, 0.5) is 0 Å². The maximum Gasteiger partial charge on any atom is 0.0239 e. The summed E-state index contributed by atoms with van der Waals surface area (Å²) in [5, 5.41) is 0. The van der Waals surface area contributed by atoms with Crippen LogP contribution in [0.3, 0.4) is 0 Å². The Morgan fingerprint density at radius 1 is 1.10 bits per heavy atom. The van der Waals surface area contributed by atoms with Gasteiger partial charge in [-0.15, -0.1) is 0 Å². The minimum absolute atomic E-state index is 0.763. The Hall–Kier alpha value is -0.860. The monoisotopic (exact) mass is 288 g/mol. The molecule has 1 aliphatic carbocycles. The summed E-state index contributed by atoms with van der Waals surface area (Å²) >= 11 is 0. The van der Waals surface area contributed by atoms with Crippen LogP contribution in [0.1, 0.15) is 61.6 Å². The van der Waals surface area contributed by atoms with Gasteiger partial charge in [-0.25, -0.2) is 0 Å². The second kappa shape index (κ2) is 8.55. The van der Waals surface area contributed by atoms with Crippen LogP contribution in [0.25, 0.3) is 0 Å². The molecule has 1 aromatic rings. The molecule has 21 heavy (non-hydrogen) atoms. The van der Waals surface area contributed by atoms with Gasteiger partial charge < -0.3 is 5.73 Å². The van der Waals surface area contributed by atoms with Gasteiger partial charge in [0.1, 0.15) is 0 Å². The van der Waals surface area contributed by atoms with E-state index in [0.29, 0.717) is 0 Å². The number of aryl methyl sites for hydroxylation is 2. The summed E-state index contributed by atoms with van der Waals surface area (Å²) in [5.74, 6) is 0. The normalized spacial score (nSPS) is 17.1. The lowest BCUT2D eigenvalue weighted by molar-refractivity contribution is 0.169. The highest BCUT2D eigenvalue weighted by molar-refractivity contribution is 5.30. The Balaban J connectivity index is 2.08. The number of rotatable bonds is 6. The molecule has 2 heteroatoms. The van der Waals surface area contributed by atoms with E-state index in [9.17, 15) is 0 Å². The summed E-state index contributed by atoms with van der Waals surface area (Å²) in [7, 11) is 0. The zero-order chi connectivity index (χ0) is 15.1. The highest BCUT2D eigenvalue weighted by atomic mass is 15.1. The van der Waals surface area contributed by atoms with Gasteiger partial charge in [0, 0.05) is 12.6 Å². The molecule has 0 radical (unpaired) electrons. The van der Waals surface area contributed by atoms with Gasteiger partial charge in [-0.2, -0.15) is 0 Å². The molecule has 0 aliphatic heterocycles. The highest BCUT2D eigenvalue weighted by Crippen LogP contribution is 2.24. The van der Waals surface area contributed by atoms with E-state index in [1.165, 1.54) is 55.2 Å². The van der Waals surface area contributed by atoms with Gasteiger partial charge in [-0.05, 0) is 57.3 Å². The Morgan fingerprint density at radius 2 is 1.81 bits per heavy atom. The second-order valence-electron chi connectivity index (χ2n) is 6.69. The van der Waals surface area contributed by atoms with Crippen LogP contribution in [0.5, 0.6) is 0 Å². The topological polar surface area (TPSA) is 29.3 Å². The molecule has 2 rings (SSSR count). The quantitative estimate of drug-likeness (QED) is 0.796. The molecular weight excluding hydrogens is 256 g/mol. The van der Waals surface area contributed by atoms with Crippen LogP contribution in [0.2, 0.25) is 0 Å². The Kier molecular flexibility index (Phi) is 6.72. The van der Waals surface area contributed by atoms with Gasteiger partial charge in [0.15, 0.2) is 0 Å². The van der Waals surface area contributed by atoms with Crippen molar-refractivity contribution in [3.05, 3.63) is 34.9 Å². The summed E-state index contributed by atoms with van der Waals surface area (Å²) < 4.78 is 0. The average Bonchev–Trinajstić information content (AvgIpc) is 2.76. The molecule has 0 amide bonds. The van der Waals surface area contributed by atoms with Crippen LogP contribution in [-0.4, -0.2) is 24.0 Å². The third kappa shape index (κ3) is 5.12. The van der Waals surface area contributed by atoms with Crippen molar-refractivity contribution in [2.24, 2.45) is 5.73 Å². The molecule has 1 saturated carbocycles. The zero-order valence-corrected chi connectivity index (χ0v) is 13.9. The zero-order valence-electron chi connectivity index (χ0n) is 13.9. The average molecular weight is 288 g/mol. The number of benzene rings is 1. The molecule has 0 saturated heterocycles. The lowest BCUT2D eigenvalue weighted by Gasteiger charge is -2.32. The predicted molar refractivity (Wildman–Crippen MR) is 91.5 cm³/mol. The summed E-state index contributed by atoms with van der Waals surface area (Å²) in [6.45, 7) is 7.48. The van der Waals surface area contributed by atoms with E-state index in [-0.39, 0.29) is 0 Å². The van der Waals surface area contributed by atoms with Crippen LogP contribution < -0.4 is 5.73 Å². The summed E-state index contributed by atoms with van der Waals surface area (Å²) in [6.07, 6.45) is 9.49. The summed E-state index contributed by atoms with van der Waals surface area (Å²) in [5.41, 5.74) is 10.0. The number of hydrogen-bond acceptors (Lipinski definition) is 2. The van der Waals surface area contributed by atoms with E-state index in [2.05, 4.69) is 36.9 Å². The molecule has 0 unspecified atom stereocenters. The van der Waals surface area contributed by atoms with Crippen molar-refractivity contribution in [3.8, 4) is 0 Å². The third-order valence-electron chi connectivity index (χ3n) is 4.87. The predicted octanol–water partition coefficient (Wildman–Crippen LogP) is 4.18. The van der Waals surface area contributed by atoms with Crippen LogP contribution in [-0.2, 0) is 6.54 Å². The van der Waals surface area contributed by atoms with E-state index in [1.807, 2.05) is 0 Å². The van der Waals surface area contributed by atoms with E-state index >= 15 is 0 Å². The molecule has 118 valence electrons. The molecule has 1 aliphatic rings.